The van der Waals surface area contributed by atoms with E-state index < -0.39 is 179 Å². The van der Waals surface area contributed by atoms with Gasteiger partial charge in [0.25, 0.3) is 50.6 Å². The second-order valence-electron chi connectivity index (χ2n) is 13.9. The van der Waals surface area contributed by atoms with Crippen molar-refractivity contribution in [3.05, 3.63) is 58.9 Å². The van der Waals surface area contributed by atoms with Crippen molar-refractivity contribution in [2.24, 2.45) is 31.9 Å². The van der Waals surface area contributed by atoms with Gasteiger partial charge >= 0.3 is 0 Å². The van der Waals surface area contributed by atoms with Gasteiger partial charge in [-0.15, -0.1) is 20.5 Å². The van der Waals surface area contributed by atoms with Crippen LogP contribution in [-0.4, -0.2) is 118 Å². The van der Waals surface area contributed by atoms with Crippen LogP contribution in [0.3, 0.4) is 0 Å². The number of nitrogen functional groups attached to an aromatic ring is 1. The number of primary amides is 2. The maximum Gasteiger partial charge on any atom is 0.296 e. The van der Waals surface area contributed by atoms with Gasteiger partial charge in [-0.2, -0.15) is 67.0 Å². The summed E-state index contributed by atoms with van der Waals surface area (Å²) in [7, 11) is -27.3. The molecule has 386 valence electrons. The number of rotatable bonds is 18. The van der Waals surface area contributed by atoms with Gasteiger partial charge in [0.1, 0.15) is 53.1 Å². The Hall–Kier alpha value is -7.57. The number of phenolic OH excluding ortho intramolecular Hbond substituents is 1. The number of nitrogens with zero attached hydrogens (tertiary/aromatic N) is 10. The zero-order chi connectivity index (χ0) is 54.3. The number of fused-ring (bicyclic) bond motifs is 1. The first-order valence-electron chi connectivity index (χ1n) is 18.4. The van der Waals surface area contributed by atoms with Crippen molar-refractivity contribution in [1.82, 2.24) is 29.9 Å². The minimum atomic E-state index is -5.58. The van der Waals surface area contributed by atoms with E-state index in [-0.39, 0.29) is 23.3 Å². The van der Waals surface area contributed by atoms with E-state index in [1.165, 1.54) is 0 Å². The van der Waals surface area contributed by atoms with Crippen LogP contribution in [0.2, 0.25) is 10.6 Å². The third-order valence-corrected chi connectivity index (χ3v) is 13.5. The van der Waals surface area contributed by atoms with Crippen LogP contribution in [-0.2, 0) is 66.6 Å². The van der Waals surface area contributed by atoms with Crippen LogP contribution >= 0.6 is 23.2 Å². The molecule has 4 aromatic carbocycles. The number of carbonyl (C=O) groups excluding carboxylic acids is 2. The van der Waals surface area contributed by atoms with Gasteiger partial charge in [-0.25, -0.2) is 4.98 Å². The summed E-state index contributed by atoms with van der Waals surface area (Å²) in [6.45, 7) is -0.547. The van der Waals surface area contributed by atoms with E-state index in [1.807, 2.05) is 0 Å². The first kappa shape index (κ1) is 54.8. The van der Waals surface area contributed by atoms with Crippen molar-refractivity contribution in [1.29, 1.82) is 0 Å². The van der Waals surface area contributed by atoms with Crippen molar-refractivity contribution in [3.8, 4) is 5.75 Å². The molecule has 0 radical (unpaired) electrons. The smallest absolute Gasteiger partial charge is 0.296 e. The molecule has 0 aliphatic carbocycles. The summed E-state index contributed by atoms with van der Waals surface area (Å²) < 4.78 is 176. The average Bonchev–Trinajstić information content (AvgIpc) is 3.22. The van der Waals surface area contributed by atoms with Gasteiger partial charge in [0.05, 0.1) is 35.4 Å². The largest absolute Gasteiger partial charge is 0.505 e. The summed E-state index contributed by atoms with van der Waals surface area (Å²) in [5.74, 6) is -4.91. The van der Waals surface area contributed by atoms with Crippen LogP contribution in [0.1, 0.15) is 5.82 Å². The van der Waals surface area contributed by atoms with Gasteiger partial charge in [-0.3, -0.25) is 32.4 Å². The lowest BCUT2D eigenvalue weighted by atomic mass is 10.1. The van der Waals surface area contributed by atoms with Crippen molar-refractivity contribution in [3.63, 3.8) is 0 Å². The third kappa shape index (κ3) is 13.1. The van der Waals surface area contributed by atoms with Crippen LogP contribution in [0.5, 0.6) is 5.75 Å². The number of phenols is 1. The Kier molecular flexibility index (Phi) is 15.1. The highest BCUT2D eigenvalue weighted by Crippen LogP contribution is 2.47. The highest BCUT2D eigenvalue weighted by atomic mass is 35.5. The Bertz CT molecular complexity index is 4010. The fourth-order valence-corrected chi connectivity index (χ4v) is 9.65. The number of hydrogen-bond acceptors (Lipinski definition) is 27. The molecule has 2 amide bonds. The quantitative estimate of drug-likeness (QED) is 0.0334. The molecule has 41 heteroatoms. The molecule has 73 heavy (non-hydrogen) atoms. The summed E-state index contributed by atoms with van der Waals surface area (Å²) in [6, 6.07) is 3.96. The van der Waals surface area contributed by atoms with Crippen LogP contribution in [0.25, 0.3) is 10.8 Å². The van der Waals surface area contributed by atoms with E-state index in [0.717, 1.165) is 12.1 Å². The van der Waals surface area contributed by atoms with Gasteiger partial charge in [0.2, 0.25) is 40.2 Å². The van der Waals surface area contributed by atoms with Crippen LogP contribution in [0, 0.1) is 0 Å². The second-order valence-corrected chi connectivity index (χ2v) is 21.5. The molecule has 0 bridgehead atoms. The number of benzene rings is 4. The molecule has 6 aromatic rings. The van der Waals surface area contributed by atoms with Gasteiger partial charge < -0.3 is 38.3 Å². The molecule has 0 aliphatic heterocycles. The standard InChI is InChI=1S/C32H26Cl2N16O18S5/c33-28-41-23(8-21(35)51)42-31(44-28)39-12-4-14(18(71(60,61)62)6-16(12)69(54,55)56)48-47-11-2-1-10-3-20(73(66,67)68)26(25(37)24(10)27(11)53)50-49-15-5-13(17(70(57,58)59)7-19(15)72(63,64)65)40-32-45-29(34)43-30(46-32)38-9-22(36)52/h1-7,53H,8-9,37H2,(H2,35,51)(H2,36,52)(H,54,55,56)(H,57,58,59)(H,60,61,62)(H,63,64,65)(H,66,67,68)(H,39,41,42,44)(H2,38,40,43,45,46). The fourth-order valence-electron chi connectivity index (χ4n) is 5.92. The molecule has 0 spiro atoms. The van der Waals surface area contributed by atoms with Crippen molar-refractivity contribution in [2.75, 3.05) is 28.2 Å². The van der Waals surface area contributed by atoms with Gasteiger partial charge in [-0.05, 0) is 65.0 Å². The SMILES string of the molecule is NC(=O)CNc1nc(Cl)nc(Nc2cc(N=Nc3c(S(=O)(=O)O)cc4ccc(N=Nc5cc(Nc6nc(Cl)nc(CC(N)=O)n6)c(S(=O)(=O)O)cc5S(=O)(=O)O)c(O)c4c3N)c(S(=O)(=O)O)cc2S(=O)(=O)O)n1. The predicted molar refractivity (Wildman–Crippen MR) is 247 cm³/mol. The number of aromatic hydroxyl groups is 1. The number of amides is 2. The molecule has 0 saturated carbocycles. The Labute approximate surface area is 417 Å². The average molecular weight is 1150 g/mol. The maximum absolute atomic E-state index is 12.7. The van der Waals surface area contributed by atoms with Gasteiger partial charge in [0.15, 0.2) is 5.75 Å². The first-order chi connectivity index (χ1) is 33.6. The number of carbonyl (C=O) groups is 2. The predicted octanol–water partition coefficient (Wildman–Crippen LogP) is 2.28. The summed E-state index contributed by atoms with van der Waals surface area (Å²) in [4.78, 5) is 38.6. The molecular weight excluding hydrogens is 1130 g/mol. The zero-order valence-corrected chi connectivity index (χ0v) is 40.6. The summed E-state index contributed by atoms with van der Waals surface area (Å²) in [5, 5.41) is 30.9. The molecule has 0 saturated heterocycles. The van der Waals surface area contributed by atoms with Gasteiger partial charge in [-0.1, -0.05) is 6.07 Å². The number of aromatic nitrogens is 6. The molecule has 0 unspecified atom stereocenters. The normalized spacial score (nSPS) is 12.6. The molecule has 0 atom stereocenters. The third-order valence-electron chi connectivity index (χ3n) is 8.78. The highest BCUT2D eigenvalue weighted by molar-refractivity contribution is 7.87. The number of nitrogens with one attached hydrogen (secondary N) is 3. The number of hydrogen-bond donors (Lipinski definition) is 12. The van der Waals surface area contributed by atoms with E-state index in [1.54, 1.807) is 0 Å². The Balaban J connectivity index is 1.52. The topological polar surface area (TPSA) is 567 Å². The number of anilines is 6. The monoisotopic (exact) mass is 1150 g/mol. The van der Waals surface area contributed by atoms with E-state index in [2.05, 4.69) is 66.3 Å². The lowest BCUT2D eigenvalue weighted by Gasteiger charge is -2.14. The summed E-state index contributed by atoms with van der Waals surface area (Å²) in [6.07, 6.45) is -0.603. The highest BCUT2D eigenvalue weighted by Gasteiger charge is 2.29. The maximum atomic E-state index is 12.7. The zero-order valence-electron chi connectivity index (χ0n) is 35.0. The van der Waals surface area contributed by atoms with Crippen LogP contribution < -0.4 is 33.2 Å². The first-order valence-corrected chi connectivity index (χ1v) is 26.4. The van der Waals surface area contributed by atoms with Crippen LogP contribution in [0.4, 0.5) is 57.7 Å². The van der Waals surface area contributed by atoms with E-state index >= 15 is 0 Å². The molecule has 2 aromatic heterocycles. The number of nitrogens with two attached hydrogens (primary N) is 3. The summed E-state index contributed by atoms with van der Waals surface area (Å²) >= 11 is 11.8. The molecule has 6 rings (SSSR count). The summed E-state index contributed by atoms with van der Waals surface area (Å²) in [5.41, 5.74) is 10.2. The van der Waals surface area contributed by atoms with E-state index in [4.69, 9.17) is 40.4 Å². The molecule has 0 aliphatic rings. The van der Waals surface area contributed by atoms with Crippen molar-refractivity contribution in [2.45, 2.75) is 30.9 Å². The number of azo groups is 2. The molecule has 34 nitrogen and oxygen atoms in total. The Morgan fingerprint density at radius 3 is 1.48 bits per heavy atom. The van der Waals surface area contributed by atoms with E-state index in [9.17, 15) is 79.5 Å². The lowest BCUT2D eigenvalue weighted by Crippen LogP contribution is -2.23. The van der Waals surface area contributed by atoms with Crippen molar-refractivity contribution >= 4 is 154 Å². The lowest BCUT2D eigenvalue weighted by molar-refractivity contribution is -0.117. The number of halogens is 2. The van der Waals surface area contributed by atoms with Crippen LogP contribution in [0.15, 0.2) is 87.4 Å². The Morgan fingerprint density at radius 2 is 1.00 bits per heavy atom. The van der Waals surface area contributed by atoms with Crippen molar-refractivity contribution < 1.29 is 79.5 Å². The Morgan fingerprint density at radius 1 is 0.548 bits per heavy atom. The fraction of sp³-hybridized carbons (Fsp3) is 0.0625. The molecular formula is C32H26Cl2N16O18S5. The molecule has 2 heterocycles. The van der Waals surface area contributed by atoms with E-state index in [0.29, 0.717) is 18.2 Å². The van der Waals surface area contributed by atoms with Gasteiger partial charge in [0, 0.05) is 0 Å². The molecule has 0 fully saturated rings. The second kappa shape index (κ2) is 20.1. The minimum absolute atomic E-state index is 0.153. The minimum Gasteiger partial charge on any atom is -0.505 e. The molecule has 15 N–H and O–H groups in total.